The number of carbonyl (C=O) groups is 2. The monoisotopic (exact) mass is 322 g/mol. The third kappa shape index (κ3) is 3.61. The molecule has 0 aliphatic heterocycles. The third-order valence-corrected chi connectivity index (χ3v) is 4.22. The van der Waals surface area contributed by atoms with E-state index in [2.05, 4.69) is 5.32 Å². The first-order valence-corrected chi connectivity index (χ1v) is 8.11. The number of hydrogen-bond donors (Lipinski definition) is 1. The summed E-state index contributed by atoms with van der Waals surface area (Å²) in [6.45, 7) is 6.34. The normalized spacial score (nSPS) is 15.5. The molecule has 2 amide bonds. The zero-order valence-electron chi connectivity index (χ0n) is 13.4. The van der Waals surface area contributed by atoms with E-state index in [1.54, 1.807) is 11.0 Å². The van der Waals surface area contributed by atoms with E-state index < -0.39 is 5.41 Å². The molecule has 0 unspecified atom stereocenters. The quantitative estimate of drug-likeness (QED) is 0.875. The molecule has 1 fully saturated rings. The summed E-state index contributed by atoms with van der Waals surface area (Å²) in [6, 6.07) is 7.54. The van der Waals surface area contributed by atoms with Crippen LogP contribution in [0.15, 0.2) is 24.3 Å². The zero-order chi connectivity index (χ0) is 16.3. The topological polar surface area (TPSA) is 49.4 Å². The van der Waals surface area contributed by atoms with Gasteiger partial charge in [-0.05, 0) is 51.3 Å². The van der Waals surface area contributed by atoms with Crippen molar-refractivity contribution in [1.29, 1.82) is 0 Å². The Bertz CT molecular complexity index is 568. The lowest BCUT2D eigenvalue weighted by molar-refractivity contribution is -0.138. The van der Waals surface area contributed by atoms with Crippen LogP contribution in [0.3, 0.4) is 0 Å². The second kappa shape index (κ2) is 6.69. The average molecular weight is 323 g/mol. The van der Waals surface area contributed by atoms with Crippen molar-refractivity contribution in [3.63, 3.8) is 0 Å². The minimum Gasteiger partial charge on any atom is -0.352 e. The minimum atomic E-state index is -0.487. The van der Waals surface area contributed by atoms with Crippen molar-refractivity contribution in [2.75, 3.05) is 13.1 Å². The minimum absolute atomic E-state index is 0.0242. The van der Waals surface area contributed by atoms with E-state index in [-0.39, 0.29) is 24.4 Å². The predicted molar refractivity (Wildman–Crippen MR) is 87.9 cm³/mol. The number of amides is 2. The molecule has 0 spiro atoms. The highest BCUT2D eigenvalue weighted by molar-refractivity contribution is 6.30. The summed E-state index contributed by atoms with van der Waals surface area (Å²) in [4.78, 5) is 26.5. The molecule has 0 bridgehead atoms. The molecule has 0 heterocycles. The fourth-order valence-corrected chi connectivity index (χ4v) is 2.90. The number of benzene rings is 1. The summed E-state index contributed by atoms with van der Waals surface area (Å²) < 4.78 is 0. The summed E-state index contributed by atoms with van der Waals surface area (Å²) in [5.41, 5.74) is 0.465. The second-order valence-electron chi connectivity index (χ2n) is 6.13. The van der Waals surface area contributed by atoms with Crippen molar-refractivity contribution in [3.05, 3.63) is 34.9 Å². The van der Waals surface area contributed by atoms with Gasteiger partial charge in [0, 0.05) is 17.6 Å². The van der Waals surface area contributed by atoms with Gasteiger partial charge >= 0.3 is 0 Å². The molecule has 1 aliphatic rings. The summed E-state index contributed by atoms with van der Waals surface area (Å²) in [6.07, 6.45) is 1.63. The first-order chi connectivity index (χ1) is 10.4. The molecule has 1 N–H and O–H groups in total. The molecule has 0 atom stereocenters. The second-order valence-corrected chi connectivity index (χ2v) is 6.57. The van der Waals surface area contributed by atoms with E-state index in [9.17, 15) is 9.59 Å². The number of likely N-dealkylation sites (N-methyl/N-ethyl adjacent to an activating group) is 1. The Balaban J connectivity index is 2.13. The molecular formula is C17H23ClN2O2. The molecule has 1 aromatic carbocycles. The molecule has 0 radical (unpaired) electrons. The lowest BCUT2D eigenvalue weighted by Crippen LogP contribution is -2.46. The van der Waals surface area contributed by atoms with Crippen molar-refractivity contribution in [3.8, 4) is 0 Å². The van der Waals surface area contributed by atoms with Crippen LogP contribution in [-0.2, 0) is 15.0 Å². The van der Waals surface area contributed by atoms with Gasteiger partial charge in [0.15, 0.2) is 0 Å². The van der Waals surface area contributed by atoms with Crippen molar-refractivity contribution in [1.82, 2.24) is 10.2 Å². The number of nitrogens with one attached hydrogen (secondary N) is 1. The van der Waals surface area contributed by atoms with Crippen LogP contribution >= 0.6 is 11.6 Å². The molecule has 1 aromatic rings. The van der Waals surface area contributed by atoms with Gasteiger partial charge in [-0.25, -0.2) is 0 Å². The van der Waals surface area contributed by atoms with Crippen LogP contribution in [0.4, 0.5) is 0 Å². The standard InChI is InChI=1S/C17H23ClN2O2/c1-4-20(11-15(21)19-12(2)3)16(22)17(8-9-17)13-6-5-7-14(18)10-13/h5-7,10,12H,4,8-9,11H2,1-3H3,(H,19,21). The predicted octanol–water partition coefficient (Wildman–Crippen LogP) is 2.74. The van der Waals surface area contributed by atoms with Gasteiger partial charge in [-0.2, -0.15) is 0 Å². The molecule has 4 nitrogen and oxygen atoms in total. The third-order valence-electron chi connectivity index (χ3n) is 3.99. The number of halogens is 1. The number of carbonyl (C=O) groups excluding carboxylic acids is 2. The van der Waals surface area contributed by atoms with Gasteiger partial charge in [-0.1, -0.05) is 23.7 Å². The van der Waals surface area contributed by atoms with Gasteiger partial charge in [0.2, 0.25) is 11.8 Å². The maximum absolute atomic E-state index is 12.9. The Morgan fingerprint density at radius 1 is 1.36 bits per heavy atom. The summed E-state index contributed by atoms with van der Waals surface area (Å²) in [5, 5.41) is 3.47. The first kappa shape index (κ1) is 16.8. The molecular weight excluding hydrogens is 300 g/mol. The molecule has 1 aliphatic carbocycles. The Hall–Kier alpha value is -1.55. The van der Waals surface area contributed by atoms with Gasteiger partial charge < -0.3 is 10.2 Å². The van der Waals surface area contributed by atoms with E-state index in [0.717, 1.165) is 18.4 Å². The highest BCUT2D eigenvalue weighted by Crippen LogP contribution is 2.50. The van der Waals surface area contributed by atoms with Crippen molar-refractivity contribution in [2.45, 2.75) is 45.1 Å². The fourth-order valence-electron chi connectivity index (χ4n) is 2.71. The van der Waals surface area contributed by atoms with Gasteiger partial charge in [-0.3, -0.25) is 9.59 Å². The van der Waals surface area contributed by atoms with Crippen LogP contribution in [0.5, 0.6) is 0 Å². The Morgan fingerprint density at radius 3 is 2.55 bits per heavy atom. The molecule has 1 saturated carbocycles. The molecule has 0 aromatic heterocycles. The van der Waals surface area contributed by atoms with Crippen LogP contribution in [0.1, 0.15) is 39.2 Å². The fraction of sp³-hybridized carbons (Fsp3) is 0.529. The van der Waals surface area contributed by atoms with Crippen molar-refractivity contribution < 1.29 is 9.59 Å². The Morgan fingerprint density at radius 2 is 2.05 bits per heavy atom. The number of nitrogens with zero attached hydrogens (tertiary/aromatic N) is 1. The van der Waals surface area contributed by atoms with Crippen LogP contribution in [0.25, 0.3) is 0 Å². The molecule has 0 saturated heterocycles. The summed E-state index contributed by atoms with van der Waals surface area (Å²) in [5.74, 6) is -0.0942. The Labute approximate surface area is 136 Å². The number of hydrogen-bond acceptors (Lipinski definition) is 2. The summed E-state index contributed by atoms with van der Waals surface area (Å²) in [7, 11) is 0. The number of rotatable bonds is 6. The van der Waals surface area contributed by atoms with E-state index in [4.69, 9.17) is 11.6 Å². The summed E-state index contributed by atoms with van der Waals surface area (Å²) >= 11 is 6.05. The van der Waals surface area contributed by atoms with Gasteiger partial charge in [0.05, 0.1) is 12.0 Å². The van der Waals surface area contributed by atoms with Gasteiger partial charge in [-0.15, -0.1) is 0 Å². The van der Waals surface area contributed by atoms with Crippen LogP contribution in [0.2, 0.25) is 5.02 Å². The lowest BCUT2D eigenvalue weighted by atomic mass is 9.94. The van der Waals surface area contributed by atoms with Crippen molar-refractivity contribution in [2.24, 2.45) is 0 Å². The van der Waals surface area contributed by atoms with E-state index in [1.165, 1.54) is 0 Å². The highest BCUT2D eigenvalue weighted by Gasteiger charge is 2.53. The smallest absolute Gasteiger partial charge is 0.239 e. The molecule has 120 valence electrons. The highest BCUT2D eigenvalue weighted by atomic mass is 35.5. The largest absolute Gasteiger partial charge is 0.352 e. The van der Waals surface area contributed by atoms with Crippen LogP contribution in [-0.4, -0.2) is 35.8 Å². The average Bonchev–Trinajstić information content (AvgIpc) is 3.25. The molecule has 2 rings (SSSR count). The SMILES string of the molecule is CCN(CC(=O)NC(C)C)C(=O)C1(c2cccc(Cl)c2)CC1. The van der Waals surface area contributed by atoms with Crippen LogP contribution < -0.4 is 5.32 Å². The zero-order valence-corrected chi connectivity index (χ0v) is 14.1. The van der Waals surface area contributed by atoms with E-state index in [1.807, 2.05) is 39.0 Å². The van der Waals surface area contributed by atoms with E-state index >= 15 is 0 Å². The van der Waals surface area contributed by atoms with Gasteiger partial charge in [0.25, 0.3) is 0 Å². The Kier molecular flexibility index (Phi) is 5.12. The van der Waals surface area contributed by atoms with Gasteiger partial charge in [0.1, 0.15) is 0 Å². The maximum Gasteiger partial charge on any atom is 0.239 e. The van der Waals surface area contributed by atoms with Crippen LogP contribution in [0, 0.1) is 0 Å². The van der Waals surface area contributed by atoms with E-state index in [0.29, 0.717) is 11.6 Å². The maximum atomic E-state index is 12.9. The lowest BCUT2D eigenvalue weighted by Gasteiger charge is -2.26. The first-order valence-electron chi connectivity index (χ1n) is 7.74. The van der Waals surface area contributed by atoms with Crippen molar-refractivity contribution >= 4 is 23.4 Å². The molecule has 22 heavy (non-hydrogen) atoms. The molecule has 5 heteroatoms.